The molecule has 0 aliphatic carbocycles. The Labute approximate surface area is 122 Å². The van der Waals surface area contributed by atoms with Crippen molar-refractivity contribution < 1.29 is 4.74 Å². The van der Waals surface area contributed by atoms with Gasteiger partial charge in [-0.3, -0.25) is 4.90 Å². The second-order valence-corrected chi connectivity index (χ2v) is 6.36. The predicted octanol–water partition coefficient (Wildman–Crippen LogP) is 3.47. The Balaban J connectivity index is 1.78. The van der Waals surface area contributed by atoms with E-state index in [2.05, 4.69) is 42.3 Å². The van der Waals surface area contributed by atoms with E-state index in [0.29, 0.717) is 12.0 Å². The Bertz CT molecular complexity index is 472. The summed E-state index contributed by atoms with van der Waals surface area (Å²) in [6.07, 6.45) is 3.94. The molecule has 3 nitrogen and oxygen atoms in total. The molecule has 1 aromatic rings. The summed E-state index contributed by atoms with van der Waals surface area (Å²) < 4.78 is 5.57. The summed E-state index contributed by atoms with van der Waals surface area (Å²) in [6.45, 7) is 6.96. The van der Waals surface area contributed by atoms with Gasteiger partial charge in [0.05, 0.1) is 7.11 Å². The number of ether oxygens (including phenoxy) is 1. The lowest BCUT2D eigenvalue weighted by Gasteiger charge is -2.30. The zero-order valence-electron chi connectivity index (χ0n) is 12.9. The third-order valence-electron chi connectivity index (χ3n) is 4.88. The third kappa shape index (κ3) is 2.39. The maximum Gasteiger partial charge on any atom is 0.124 e. The summed E-state index contributed by atoms with van der Waals surface area (Å²) >= 11 is 0. The Hall–Kier alpha value is -1.22. The lowest BCUT2D eigenvalue weighted by molar-refractivity contribution is 0.189. The van der Waals surface area contributed by atoms with Gasteiger partial charge in [-0.05, 0) is 51.8 Å². The number of likely N-dealkylation sites (tertiary alicyclic amines) is 1. The Kier molecular flexibility index (Phi) is 3.88. The van der Waals surface area contributed by atoms with Gasteiger partial charge in [0.25, 0.3) is 0 Å². The van der Waals surface area contributed by atoms with E-state index in [0.717, 1.165) is 18.3 Å². The molecule has 1 fully saturated rings. The molecular formula is C17H26N2O. The van der Waals surface area contributed by atoms with Crippen LogP contribution in [0.5, 0.6) is 5.75 Å². The average Bonchev–Trinajstić information content (AvgIpc) is 3.06. The van der Waals surface area contributed by atoms with Gasteiger partial charge in [-0.2, -0.15) is 0 Å². The summed E-state index contributed by atoms with van der Waals surface area (Å²) in [5.41, 5.74) is 2.66. The Morgan fingerprint density at radius 1 is 1.40 bits per heavy atom. The van der Waals surface area contributed by atoms with Crippen LogP contribution in [-0.2, 0) is 0 Å². The number of rotatable bonds is 4. The molecule has 110 valence electrons. The minimum absolute atomic E-state index is 0.588. The zero-order chi connectivity index (χ0) is 14.1. The molecule has 1 saturated heterocycles. The minimum atomic E-state index is 0.588. The molecule has 2 aliphatic heterocycles. The average molecular weight is 274 g/mol. The van der Waals surface area contributed by atoms with E-state index >= 15 is 0 Å². The molecular weight excluding hydrogens is 248 g/mol. The fraction of sp³-hybridized carbons (Fsp3) is 0.647. The van der Waals surface area contributed by atoms with Crippen molar-refractivity contribution in [3.8, 4) is 5.75 Å². The van der Waals surface area contributed by atoms with E-state index in [-0.39, 0.29) is 0 Å². The number of benzene rings is 1. The molecule has 0 unspecified atom stereocenters. The van der Waals surface area contributed by atoms with Gasteiger partial charge in [-0.1, -0.05) is 6.07 Å². The Morgan fingerprint density at radius 3 is 3.00 bits per heavy atom. The maximum atomic E-state index is 5.57. The quantitative estimate of drug-likeness (QED) is 0.910. The highest BCUT2D eigenvalue weighted by Gasteiger charge is 2.33. The first-order chi connectivity index (χ1) is 9.70. The molecule has 0 spiro atoms. The van der Waals surface area contributed by atoms with Crippen LogP contribution in [0.4, 0.5) is 5.69 Å². The van der Waals surface area contributed by atoms with Crippen molar-refractivity contribution in [1.82, 2.24) is 4.90 Å². The topological polar surface area (TPSA) is 24.5 Å². The smallest absolute Gasteiger partial charge is 0.124 e. The fourth-order valence-electron chi connectivity index (χ4n) is 3.95. The van der Waals surface area contributed by atoms with Crippen LogP contribution >= 0.6 is 0 Å². The first-order valence-corrected chi connectivity index (χ1v) is 7.87. The Morgan fingerprint density at radius 2 is 2.25 bits per heavy atom. The molecule has 0 saturated carbocycles. The molecule has 0 bridgehead atoms. The molecule has 2 heterocycles. The maximum absolute atomic E-state index is 5.57. The van der Waals surface area contributed by atoms with Gasteiger partial charge >= 0.3 is 0 Å². The van der Waals surface area contributed by atoms with Crippen LogP contribution in [0, 0.1) is 0 Å². The number of nitrogens with zero attached hydrogens (tertiary/aromatic N) is 1. The van der Waals surface area contributed by atoms with E-state index in [1.165, 1.54) is 37.1 Å². The lowest BCUT2D eigenvalue weighted by atomic mass is 9.92. The summed E-state index contributed by atoms with van der Waals surface area (Å²) in [4.78, 5) is 2.67. The second-order valence-electron chi connectivity index (χ2n) is 6.36. The molecule has 20 heavy (non-hydrogen) atoms. The van der Waals surface area contributed by atoms with E-state index in [1.54, 1.807) is 7.11 Å². The highest BCUT2D eigenvalue weighted by molar-refractivity contribution is 5.63. The number of hydrogen-bond acceptors (Lipinski definition) is 3. The highest BCUT2D eigenvalue weighted by atomic mass is 16.5. The minimum Gasteiger partial charge on any atom is -0.496 e. The summed E-state index contributed by atoms with van der Waals surface area (Å²) in [7, 11) is 1.78. The van der Waals surface area contributed by atoms with Gasteiger partial charge in [0.2, 0.25) is 0 Å². The molecule has 1 N–H and O–H groups in total. The third-order valence-corrected chi connectivity index (χ3v) is 4.88. The summed E-state index contributed by atoms with van der Waals surface area (Å²) in [5.74, 6) is 1.64. The van der Waals surface area contributed by atoms with Crippen LogP contribution in [-0.4, -0.2) is 37.2 Å². The second kappa shape index (κ2) is 5.65. The van der Waals surface area contributed by atoms with Gasteiger partial charge in [0.1, 0.15) is 5.75 Å². The predicted molar refractivity (Wildman–Crippen MR) is 83.7 cm³/mol. The van der Waals surface area contributed by atoms with Crippen molar-refractivity contribution in [2.45, 2.75) is 51.1 Å². The van der Waals surface area contributed by atoms with Crippen molar-refractivity contribution in [1.29, 1.82) is 0 Å². The van der Waals surface area contributed by atoms with Crippen molar-refractivity contribution in [3.05, 3.63) is 23.8 Å². The van der Waals surface area contributed by atoms with Crippen molar-refractivity contribution >= 4 is 5.69 Å². The van der Waals surface area contributed by atoms with Gasteiger partial charge in [-0.25, -0.2) is 0 Å². The first kappa shape index (κ1) is 13.7. The molecule has 2 atom stereocenters. The van der Waals surface area contributed by atoms with Gasteiger partial charge in [0, 0.05) is 35.8 Å². The van der Waals surface area contributed by atoms with Gasteiger partial charge in [-0.15, -0.1) is 0 Å². The van der Waals surface area contributed by atoms with Crippen LogP contribution < -0.4 is 10.1 Å². The number of methoxy groups -OCH3 is 1. The van der Waals surface area contributed by atoms with Crippen molar-refractivity contribution in [3.63, 3.8) is 0 Å². The van der Waals surface area contributed by atoms with Crippen molar-refractivity contribution in [2.75, 3.05) is 25.5 Å². The number of anilines is 1. The fourth-order valence-corrected chi connectivity index (χ4v) is 3.95. The zero-order valence-corrected chi connectivity index (χ0v) is 12.9. The number of nitrogens with one attached hydrogen (secondary N) is 1. The van der Waals surface area contributed by atoms with Gasteiger partial charge < -0.3 is 10.1 Å². The molecule has 3 rings (SSSR count). The normalized spacial score (nSPS) is 25.8. The summed E-state index contributed by atoms with van der Waals surface area (Å²) in [6, 6.07) is 7.73. The summed E-state index contributed by atoms with van der Waals surface area (Å²) in [5, 5.41) is 3.54. The van der Waals surface area contributed by atoms with Crippen molar-refractivity contribution in [2.24, 2.45) is 0 Å². The number of fused-ring (bicyclic) bond motifs is 1. The SMILES string of the molecule is COc1cccc2c1[C@@H](C[C@H]1CCCN1C(C)C)CN2. The lowest BCUT2D eigenvalue weighted by Crippen LogP contribution is -2.36. The van der Waals surface area contributed by atoms with E-state index < -0.39 is 0 Å². The molecule has 1 aromatic carbocycles. The van der Waals surface area contributed by atoms with Crippen LogP contribution in [0.1, 0.15) is 44.6 Å². The molecule has 0 radical (unpaired) electrons. The van der Waals surface area contributed by atoms with Crippen LogP contribution in [0.2, 0.25) is 0 Å². The standard InChI is InChI=1S/C17H26N2O/c1-12(2)19-9-5-6-14(19)10-13-11-18-15-7-4-8-16(20-3)17(13)15/h4,7-8,12-14,18H,5-6,9-11H2,1-3H3/t13-,14+/m0/s1. The van der Waals surface area contributed by atoms with Crippen LogP contribution in [0.25, 0.3) is 0 Å². The van der Waals surface area contributed by atoms with E-state index in [4.69, 9.17) is 4.74 Å². The van der Waals surface area contributed by atoms with Crippen LogP contribution in [0.15, 0.2) is 18.2 Å². The monoisotopic (exact) mass is 274 g/mol. The largest absolute Gasteiger partial charge is 0.496 e. The molecule has 0 aromatic heterocycles. The van der Waals surface area contributed by atoms with E-state index in [1.807, 2.05) is 0 Å². The van der Waals surface area contributed by atoms with Crippen LogP contribution in [0.3, 0.4) is 0 Å². The molecule has 0 amide bonds. The molecule has 3 heteroatoms. The number of hydrogen-bond donors (Lipinski definition) is 1. The first-order valence-electron chi connectivity index (χ1n) is 7.87. The molecule has 2 aliphatic rings. The van der Waals surface area contributed by atoms with Gasteiger partial charge in [0.15, 0.2) is 0 Å². The highest BCUT2D eigenvalue weighted by Crippen LogP contribution is 2.42. The van der Waals surface area contributed by atoms with E-state index in [9.17, 15) is 0 Å².